The van der Waals surface area contributed by atoms with E-state index in [4.69, 9.17) is 0 Å². The van der Waals surface area contributed by atoms with E-state index in [1.807, 2.05) is 17.0 Å². The van der Waals surface area contributed by atoms with Crippen molar-refractivity contribution >= 4 is 5.91 Å². The molecular formula is C13H19N3O. The lowest BCUT2D eigenvalue weighted by Gasteiger charge is -2.31. The van der Waals surface area contributed by atoms with Crippen molar-refractivity contribution in [2.75, 3.05) is 19.6 Å². The van der Waals surface area contributed by atoms with Crippen molar-refractivity contribution in [2.24, 2.45) is 0 Å². The molecule has 17 heavy (non-hydrogen) atoms. The van der Waals surface area contributed by atoms with Crippen molar-refractivity contribution in [2.45, 2.75) is 26.3 Å². The number of amides is 1. The molecule has 0 unspecified atom stereocenters. The standard InChI is InChI=1S/C13H19N3O/c1-3-11-4-5-15-12(8-11)13(17)16-7-6-14-10(2)9-16/h4-5,8,10,14H,3,6-7,9H2,1-2H3/t10-/m1/s1. The summed E-state index contributed by atoms with van der Waals surface area (Å²) in [7, 11) is 0. The summed E-state index contributed by atoms with van der Waals surface area (Å²) < 4.78 is 0. The molecule has 1 aliphatic rings. The maximum Gasteiger partial charge on any atom is 0.272 e. The molecule has 2 heterocycles. The number of nitrogens with zero attached hydrogens (tertiary/aromatic N) is 2. The number of pyridine rings is 1. The van der Waals surface area contributed by atoms with Crippen LogP contribution in [0.2, 0.25) is 0 Å². The molecule has 0 spiro atoms. The number of carbonyl (C=O) groups is 1. The van der Waals surface area contributed by atoms with Gasteiger partial charge in [-0.3, -0.25) is 9.78 Å². The van der Waals surface area contributed by atoms with Crippen LogP contribution in [0.1, 0.15) is 29.9 Å². The van der Waals surface area contributed by atoms with Gasteiger partial charge < -0.3 is 10.2 Å². The van der Waals surface area contributed by atoms with Gasteiger partial charge in [-0.25, -0.2) is 0 Å². The van der Waals surface area contributed by atoms with Crippen LogP contribution in [-0.4, -0.2) is 41.5 Å². The van der Waals surface area contributed by atoms with Gasteiger partial charge in [-0.1, -0.05) is 6.92 Å². The smallest absolute Gasteiger partial charge is 0.272 e. The Balaban J connectivity index is 2.12. The van der Waals surface area contributed by atoms with Crippen molar-refractivity contribution in [1.29, 1.82) is 0 Å². The summed E-state index contributed by atoms with van der Waals surface area (Å²) >= 11 is 0. The lowest BCUT2D eigenvalue weighted by atomic mass is 10.1. The van der Waals surface area contributed by atoms with Gasteiger partial charge >= 0.3 is 0 Å². The van der Waals surface area contributed by atoms with Gasteiger partial charge in [0.15, 0.2) is 0 Å². The monoisotopic (exact) mass is 233 g/mol. The van der Waals surface area contributed by atoms with Gasteiger partial charge in [-0.05, 0) is 31.0 Å². The zero-order valence-corrected chi connectivity index (χ0v) is 10.4. The van der Waals surface area contributed by atoms with Crippen LogP contribution >= 0.6 is 0 Å². The van der Waals surface area contributed by atoms with E-state index in [0.717, 1.165) is 31.6 Å². The molecule has 1 aliphatic heterocycles. The molecule has 1 saturated heterocycles. The fourth-order valence-corrected chi connectivity index (χ4v) is 2.09. The van der Waals surface area contributed by atoms with E-state index in [-0.39, 0.29) is 5.91 Å². The second kappa shape index (κ2) is 5.27. The first kappa shape index (κ1) is 12.0. The van der Waals surface area contributed by atoms with Gasteiger partial charge in [0, 0.05) is 31.9 Å². The minimum atomic E-state index is 0.0497. The predicted molar refractivity (Wildman–Crippen MR) is 67.0 cm³/mol. The Morgan fingerprint density at radius 3 is 3.18 bits per heavy atom. The number of carbonyl (C=O) groups excluding carboxylic acids is 1. The van der Waals surface area contributed by atoms with E-state index in [2.05, 4.69) is 24.1 Å². The molecule has 4 nitrogen and oxygen atoms in total. The topological polar surface area (TPSA) is 45.2 Å². The molecule has 4 heteroatoms. The quantitative estimate of drug-likeness (QED) is 0.831. The second-order valence-corrected chi connectivity index (χ2v) is 4.51. The van der Waals surface area contributed by atoms with E-state index >= 15 is 0 Å². The van der Waals surface area contributed by atoms with Crippen molar-refractivity contribution in [3.05, 3.63) is 29.6 Å². The van der Waals surface area contributed by atoms with E-state index in [0.29, 0.717) is 11.7 Å². The fourth-order valence-electron chi connectivity index (χ4n) is 2.09. The Morgan fingerprint density at radius 2 is 2.47 bits per heavy atom. The first-order valence-electron chi connectivity index (χ1n) is 6.18. The van der Waals surface area contributed by atoms with E-state index in [1.54, 1.807) is 6.20 Å². The van der Waals surface area contributed by atoms with Crippen LogP contribution in [0.5, 0.6) is 0 Å². The SMILES string of the molecule is CCc1ccnc(C(=O)N2CCN[C@H](C)C2)c1. The molecule has 0 aromatic carbocycles. The number of piperazine rings is 1. The summed E-state index contributed by atoms with van der Waals surface area (Å²) in [5, 5.41) is 3.33. The van der Waals surface area contributed by atoms with Crippen molar-refractivity contribution in [3.8, 4) is 0 Å². The van der Waals surface area contributed by atoms with Crippen LogP contribution in [0.3, 0.4) is 0 Å². The molecule has 1 aromatic rings. The second-order valence-electron chi connectivity index (χ2n) is 4.51. The van der Waals surface area contributed by atoms with Gasteiger partial charge in [0.1, 0.15) is 5.69 Å². The molecule has 0 radical (unpaired) electrons. The molecule has 92 valence electrons. The lowest BCUT2D eigenvalue weighted by Crippen LogP contribution is -2.51. The zero-order valence-electron chi connectivity index (χ0n) is 10.4. The first-order chi connectivity index (χ1) is 8.20. The number of rotatable bonds is 2. The highest BCUT2D eigenvalue weighted by molar-refractivity contribution is 5.92. The third-order valence-electron chi connectivity index (χ3n) is 3.11. The Hall–Kier alpha value is -1.42. The minimum Gasteiger partial charge on any atom is -0.334 e. The molecule has 1 aromatic heterocycles. The van der Waals surface area contributed by atoms with E-state index in [9.17, 15) is 4.79 Å². The van der Waals surface area contributed by atoms with Crippen molar-refractivity contribution in [1.82, 2.24) is 15.2 Å². The fraction of sp³-hybridized carbons (Fsp3) is 0.538. The molecule has 1 amide bonds. The van der Waals surface area contributed by atoms with Crippen LogP contribution in [0.15, 0.2) is 18.3 Å². The molecule has 1 N–H and O–H groups in total. The number of nitrogens with one attached hydrogen (secondary N) is 1. The summed E-state index contributed by atoms with van der Waals surface area (Å²) in [5.74, 6) is 0.0497. The van der Waals surface area contributed by atoms with Crippen LogP contribution in [-0.2, 0) is 6.42 Å². The average Bonchev–Trinajstić information content (AvgIpc) is 2.38. The normalized spacial score (nSPS) is 20.4. The van der Waals surface area contributed by atoms with Crippen LogP contribution in [0.4, 0.5) is 0 Å². The summed E-state index contributed by atoms with van der Waals surface area (Å²) in [6, 6.07) is 4.22. The van der Waals surface area contributed by atoms with Crippen LogP contribution in [0.25, 0.3) is 0 Å². The zero-order chi connectivity index (χ0) is 12.3. The lowest BCUT2D eigenvalue weighted by molar-refractivity contribution is 0.0703. The molecule has 0 aliphatic carbocycles. The molecule has 0 saturated carbocycles. The highest BCUT2D eigenvalue weighted by Crippen LogP contribution is 2.08. The van der Waals surface area contributed by atoms with Gasteiger partial charge in [0.2, 0.25) is 0 Å². The Kier molecular flexibility index (Phi) is 3.74. The summed E-state index contributed by atoms with van der Waals surface area (Å²) in [4.78, 5) is 18.3. The summed E-state index contributed by atoms with van der Waals surface area (Å²) in [6.07, 6.45) is 2.65. The van der Waals surface area contributed by atoms with Crippen molar-refractivity contribution < 1.29 is 4.79 Å². The van der Waals surface area contributed by atoms with Gasteiger partial charge in [0.05, 0.1) is 0 Å². The maximum absolute atomic E-state index is 12.2. The summed E-state index contributed by atoms with van der Waals surface area (Å²) in [5.41, 5.74) is 1.73. The Labute approximate surface area is 102 Å². The Bertz CT molecular complexity index is 405. The van der Waals surface area contributed by atoms with Crippen LogP contribution < -0.4 is 5.32 Å². The molecular weight excluding hydrogens is 214 g/mol. The number of aryl methyl sites for hydroxylation is 1. The summed E-state index contributed by atoms with van der Waals surface area (Å²) in [6.45, 7) is 6.56. The average molecular weight is 233 g/mol. The van der Waals surface area contributed by atoms with E-state index in [1.165, 1.54) is 0 Å². The third kappa shape index (κ3) is 2.82. The molecule has 1 fully saturated rings. The maximum atomic E-state index is 12.2. The van der Waals surface area contributed by atoms with Crippen molar-refractivity contribution in [3.63, 3.8) is 0 Å². The highest BCUT2D eigenvalue weighted by atomic mass is 16.2. The Morgan fingerprint density at radius 1 is 1.65 bits per heavy atom. The largest absolute Gasteiger partial charge is 0.334 e. The van der Waals surface area contributed by atoms with Gasteiger partial charge in [0.25, 0.3) is 5.91 Å². The van der Waals surface area contributed by atoms with E-state index < -0.39 is 0 Å². The number of hydrogen-bond acceptors (Lipinski definition) is 3. The predicted octanol–water partition coefficient (Wildman–Crippen LogP) is 1.08. The first-order valence-corrected chi connectivity index (χ1v) is 6.18. The number of aromatic nitrogens is 1. The van der Waals surface area contributed by atoms with Gasteiger partial charge in [-0.2, -0.15) is 0 Å². The highest BCUT2D eigenvalue weighted by Gasteiger charge is 2.22. The molecule has 0 bridgehead atoms. The van der Waals surface area contributed by atoms with Gasteiger partial charge in [-0.15, -0.1) is 0 Å². The molecule has 2 rings (SSSR count). The molecule has 1 atom stereocenters. The van der Waals surface area contributed by atoms with Crippen LogP contribution in [0, 0.1) is 0 Å². The minimum absolute atomic E-state index is 0.0497. The number of hydrogen-bond donors (Lipinski definition) is 1. The third-order valence-corrected chi connectivity index (χ3v) is 3.11.